The molecule has 1 heterocycles. The van der Waals surface area contributed by atoms with Gasteiger partial charge in [0.25, 0.3) is 0 Å². The van der Waals surface area contributed by atoms with Crippen LogP contribution in [0.25, 0.3) is 0 Å². The number of aliphatic hydroxyl groups excluding tert-OH is 1. The Kier molecular flexibility index (Phi) is 9.43. The minimum absolute atomic E-state index is 0.0509. The number of carbonyl (C=O) groups is 1. The maximum absolute atomic E-state index is 10.1. The Morgan fingerprint density at radius 1 is 1.53 bits per heavy atom. The number of thiophene rings is 1. The maximum Gasteiger partial charge on any atom is 0.112 e. The van der Waals surface area contributed by atoms with E-state index in [1.165, 1.54) is 6.07 Å². The highest BCUT2D eigenvalue weighted by atomic mass is 35.5. The normalized spacial score (nSPS) is 9.65. The zero-order valence-electron chi connectivity index (χ0n) is 8.95. The Labute approximate surface area is 113 Å². The van der Waals surface area contributed by atoms with Crippen LogP contribution < -0.4 is 10.8 Å². The lowest BCUT2D eigenvalue weighted by Crippen LogP contribution is -2.52. The van der Waals surface area contributed by atoms with Crippen molar-refractivity contribution in [3.05, 3.63) is 20.3 Å². The fourth-order valence-electron chi connectivity index (χ4n) is 0.716. The first-order valence-corrected chi connectivity index (χ1v) is 6.24. The highest BCUT2D eigenvalue weighted by molar-refractivity contribution is 7.18. The summed E-state index contributed by atoms with van der Waals surface area (Å²) in [6, 6.07) is 1.27. The van der Waals surface area contributed by atoms with Gasteiger partial charge in [0.2, 0.25) is 0 Å². The van der Waals surface area contributed by atoms with Crippen molar-refractivity contribution in [2.45, 2.75) is 0 Å². The summed E-state index contributed by atoms with van der Waals surface area (Å²) in [6.45, 7) is 1.98. The van der Waals surface area contributed by atoms with Crippen molar-refractivity contribution in [2.24, 2.45) is 0 Å². The Morgan fingerprint density at radius 2 is 2.18 bits per heavy atom. The van der Waals surface area contributed by atoms with Crippen LogP contribution in [-0.2, 0) is 4.74 Å². The third-order valence-corrected chi connectivity index (χ3v) is 3.22. The number of aromatic carboxylic acids is 1. The van der Waals surface area contributed by atoms with Crippen molar-refractivity contribution in [3.63, 3.8) is 0 Å². The minimum atomic E-state index is -1.25. The monoisotopic (exact) mass is 301 g/mol. The molecule has 17 heavy (non-hydrogen) atoms. The summed E-state index contributed by atoms with van der Waals surface area (Å²) in [5.74, 6) is -1.25. The van der Waals surface area contributed by atoms with Crippen LogP contribution in [0.3, 0.4) is 0 Å². The number of carboxylic acids is 1. The van der Waals surface area contributed by atoms with Gasteiger partial charge in [0.1, 0.15) is 4.34 Å². The molecule has 0 saturated heterocycles. The van der Waals surface area contributed by atoms with Crippen molar-refractivity contribution in [3.8, 4) is 0 Å². The number of hydrogen-bond acceptors (Lipinski definition) is 5. The van der Waals surface area contributed by atoms with Crippen molar-refractivity contribution in [1.82, 2.24) is 0 Å². The topological polar surface area (TPSA) is 97.2 Å². The smallest absolute Gasteiger partial charge is 0.112 e. The standard InChI is InChI=1S/C5H2Cl2O2S.C4H11NO2/c6-2-1-3(5(8)9)10-4(2)7;5-1-3-7-4-2-6/h1H,(H,8,9);6H,1-5H2. The molecule has 0 spiro atoms. The van der Waals surface area contributed by atoms with E-state index in [9.17, 15) is 9.90 Å². The van der Waals surface area contributed by atoms with Gasteiger partial charge in [-0.25, -0.2) is 0 Å². The second-order valence-corrected chi connectivity index (χ2v) is 4.77. The molecule has 1 aromatic rings. The van der Waals surface area contributed by atoms with Gasteiger partial charge in [-0.05, 0) is 6.07 Å². The van der Waals surface area contributed by atoms with Crippen molar-refractivity contribution >= 4 is 40.5 Å². The largest absolute Gasteiger partial charge is 0.544 e. The van der Waals surface area contributed by atoms with Gasteiger partial charge in [0.15, 0.2) is 0 Å². The summed E-state index contributed by atoms with van der Waals surface area (Å²) in [5, 5.41) is 18.6. The van der Waals surface area contributed by atoms with E-state index in [0.717, 1.165) is 17.9 Å². The van der Waals surface area contributed by atoms with Gasteiger partial charge in [-0.3, -0.25) is 0 Å². The lowest BCUT2D eigenvalue weighted by atomic mass is 10.5. The molecular weight excluding hydrogens is 289 g/mol. The molecule has 8 heteroatoms. The number of carboxylic acid groups (broad SMARTS) is 1. The molecule has 98 valence electrons. The number of aliphatic hydroxyl groups is 1. The van der Waals surface area contributed by atoms with E-state index < -0.39 is 5.97 Å². The Bertz CT molecular complexity index is 322. The number of rotatable bonds is 5. The molecule has 4 N–H and O–H groups in total. The predicted molar refractivity (Wildman–Crippen MR) is 64.3 cm³/mol. The average Bonchev–Trinajstić information content (AvgIpc) is 2.61. The number of ether oxygens (including phenoxy) is 1. The van der Waals surface area contributed by atoms with Crippen LogP contribution in [0.1, 0.15) is 9.67 Å². The molecule has 0 unspecified atom stereocenters. The minimum Gasteiger partial charge on any atom is -0.544 e. The van der Waals surface area contributed by atoms with Gasteiger partial charge >= 0.3 is 0 Å². The van der Waals surface area contributed by atoms with Crippen molar-refractivity contribution in [1.29, 1.82) is 0 Å². The van der Waals surface area contributed by atoms with E-state index in [-0.39, 0.29) is 20.8 Å². The Morgan fingerprint density at radius 3 is 2.47 bits per heavy atom. The summed E-state index contributed by atoms with van der Waals surface area (Å²) in [7, 11) is 0. The SMILES string of the molecule is O=C([O-])c1cc(Cl)c(Cl)s1.[NH3+]CCOCCO. The first-order chi connectivity index (χ1) is 8.02. The van der Waals surface area contributed by atoms with E-state index >= 15 is 0 Å². The lowest BCUT2D eigenvalue weighted by molar-refractivity contribution is -0.374. The summed E-state index contributed by atoms with van der Waals surface area (Å²) < 4.78 is 5.10. The van der Waals surface area contributed by atoms with Crippen LogP contribution in [0.15, 0.2) is 6.07 Å². The molecule has 0 aliphatic heterocycles. The molecule has 0 aliphatic rings. The van der Waals surface area contributed by atoms with Gasteiger partial charge in [0.05, 0.1) is 42.2 Å². The quantitative estimate of drug-likeness (QED) is 0.727. The molecule has 0 aliphatic carbocycles. The first kappa shape index (κ1) is 16.6. The first-order valence-electron chi connectivity index (χ1n) is 4.67. The number of hydrogen-bond donors (Lipinski definition) is 2. The molecule has 0 aromatic carbocycles. The molecule has 0 bridgehead atoms. The van der Waals surface area contributed by atoms with Gasteiger partial charge in [-0.1, -0.05) is 23.2 Å². The van der Waals surface area contributed by atoms with Crippen molar-refractivity contribution in [2.75, 3.05) is 26.4 Å². The molecule has 0 saturated carbocycles. The second-order valence-electron chi connectivity index (χ2n) is 2.71. The van der Waals surface area contributed by atoms with Gasteiger partial charge in [-0.15, -0.1) is 11.3 Å². The van der Waals surface area contributed by atoms with Gasteiger partial charge in [-0.2, -0.15) is 0 Å². The number of quaternary nitrogens is 1. The highest BCUT2D eigenvalue weighted by Crippen LogP contribution is 2.30. The average molecular weight is 302 g/mol. The Hall–Kier alpha value is -0.370. The predicted octanol–water partition coefficient (Wildman–Crippen LogP) is -0.344. The van der Waals surface area contributed by atoms with Crippen LogP contribution in [-0.4, -0.2) is 37.4 Å². The van der Waals surface area contributed by atoms with E-state index in [0.29, 0.717) is 13.2 Å². The van der Waals surface area contributed by atoms with E-state index in [4.69, 9.17) is 33.0 Å². The van der Waals surface area contributed by atoms with Crippen molar-refractivity contribution < 1.29 is 25.5 Å². The lowest BCUT2D eigenvalue weighted by Gasteiger charge is -1.93. The summed E-state index contributed by atoms with van der Waals surface area (Å²) in [6.07, 6.45) is 0. The molecule has 0 amide bonds. The summed E-state index contributed by atoms with van der Waals surface area (Å²) in [4.78, 5) is 10.2. The maximum atomic E-state index is 10.1. The number of carbonyl (C=O) groups excluding carboxylic acids is 1. The van der Waals surface area contributed by atoms with E-state index in [1.807, 2.05) is 0 Å². The molecular formula is C9H13Cl2NO4S. The summed E-state index contributed by atoms with van der Waals surface area (Å²) >= 11 is 11.8. The third kappa shape index (κ3) is 7.54. The Balaban J connectivity index is 0.000000325. The third-order valence-electron chi connectivity index (χ3n) is 1.37. The van der Waals surface area contributed by atoms with Crippen LogP contribution in [0, 0.1) is 0 Å². The molecule has 0 radical (unpaired) electrons. The zero-order valence-corrected chi connectivity index (χ0v) is 11.3. The van der Waals surface area contributed by atoms with Gasteiger partial charge in [0, 0.05) is 0 Å². The van der Waals surface area contributed by atoms with Gasteiger partial charge < -0.3 is 25.5 Å². The molecule has 1 aromatic heterocycles. The van der Waals surface area contributed by atoms with Crippen LogP contribution in [0.2, 0.25) is 9.36 Å². The van der Waals surface area contributed by atoms with Crippen LogP contribution in [0.4, 0.5) is 0 Å². The van der Waals surface area contributed by atoms with E-state index in [1.54, 1.807) is 0 Å². The number of halogens is 2. The molecule has 0 fully saturated rings. The van der Waals surface area contributed by atoms with E-state index in [2.05, 4.69) is 5.73 Å². The fraction of sp³-hybridized carbons (Fsp3) is 0.444. The van der Waals surface area contributed by atoms with Crippen LogP contribution in [0.5, 0.6) is 0 Å². The molecule has 5 nitrogen and oxygen atoms in total. The molecule has 0 atom stereocenters. The fourth-order valence-corrected chi connectivity index (χ4v) is 1.92. The van der Waals surface area contributed by atoms with Crippen LogP contribution >= 0.6 is 34.5 Å². The zero-order chi connectivity index (χ0) is 13.3. The molecule has 1 rings (SSSR count). The summed E-state index contributed by atoms with van der Waals surface area (Å²) in [5.41, 5.74) is 3.55. The highest BCUT2D eigenvalue weighted by Gasteiger charge is 2.04. The second kappa shape index (κ2) is 9.64.